The van der Waals surface area contributed by atoms with Gasteiger partial charge in [-0.1, -0.05) is 0 Å². The fraction of sp³-hybridized carbons (Fsp3) is 0.800. The Morgan fingerprint density at radius 3 is 2.93 bits per heavy atom. The van der Waals surface area contributed by atoms with Crippen molar-refractivity contribution in [2.75, 3.05) is 13.7 Å². The Kier molecular flexibility index (Phi) is 3.33. The van der Waals surface area contributed by atoms with Crippen molar-refractivity contribution >= 4 is 0 Å². The van der Waals surface area contributed by atoms with Gasteiger partial charge < -0.3 is 14.5 Å². The Balaban J connectivity index is 2.05. The predicted molar refractivity (Wildman–Crippen MR) is 54.3 cm³/mol. The second-order valence-corrected chi connectivity index (χ2v) is 3.84. The molecule has 0 saturated carbocycles. The van der Waals surface area contributed by atoms with Gasteiger partial charge in [-0.05, 0) is 33.2 Å². The Morgan fingerprint density at radius 1 is 1.40 bits per heavy atom. The number of ether oxygens (including phenoxy) is 1. The van der Waals surface area contributed by atoms with Gasteiger partial charge in [0.1, 0.15) is 6.10 Å². The zero-order chi connectivity index (χ0) is 10.7. The maximum Gasteiger partial charge on any atom is 0.245 e. The molecule has 0 radical (unpaired) electrons. The summed E-state index contributed by atoms with van der Waals surface area (Å²) in [6, 6.07) is 0.0924. The highest BCUT2D eigenvalue weighted by atomic mass is 16.5. The van der Waals surface area contributed by atoms with E-state index in [-0.39, 0.29) is 12.1 Å². The quantitative estimate of drug-likeness (QED) is 0.822. The molecule has 1 fully saturated rings. The fourth-order valence-electron chi connectivity index (χ4n) is 1.61. The van der Waals surface area contributed by atoms with E-state index in [4.69, 9.17) is 9.15 Å². The van der Waals surface area contributed by atoms with Crippen molar-refractivity contribution in [1.29, 1.82) is 0 Å². The summed E-state index contributed by atoms with van der Waals surface area (Å²) in [5.41, 5.74) is 0. The number of aromatic nitrogens is 2. The Morgan fingerprint density at radius 2 is 2.27 bits per heavy atom. The number of nitrogens with one attached hydrogen (secondary N) is 1. The van der Waals surface area contributed by atoms with E-state index in [9.17, 15) is 0 Å². The number of rotatable bonds is 3. The summed E-state index contributed by atoms with van der Waals surface area (Å²) in [5.74, 6) is 1.24. The highest BCUT2D eigenvalue weighted by Gasteiger charge is 2.23. The molecule has 0 aromatic carbocycles. The van der Waals surface area contributed by atoms with Gasteiger partial charge in [0.25, 0.3) is 0 Å². The molecule has 1 saturated heterocycles. The molecule has 84 valence electrons. The number of hydrogen-bond acceptors (Lipinski definition) is 5. The zero-order valence-corrected chi connectivity index (χ0v) is 9.19. The molecule has 0 spiro atoms. The van der Waals surface area contributed by atoms with Crippen LogP contribution >= 0.6 is 0 Å². The Hall–Kier alpha value is -0.940. The van der Waals surface area contributed by atoms with Crippen LogP contribution in [0.15, 0.2) is 4.42 Å². The van der Waals surface area contributed by atoms with E-state index >= 15 is 0 Å². The van der Waals surface area contributed by atoms with Gasteiger partial charge in [0.2, 0.25) is 11.8 Å². The van der Waals surface area contributed by atoms with Crippen LogP contribution in [0.3, 0.4) is 0 Å². The van der Waals surface area contributed by atoms with Crippen LogP contribution in [0, 0.1) is 0 Å². The molecule has 5 nitrogen and oxygen atoms in total. The first kappa shape index (κ1) is 10.6. The van der Waals surface area contributed by atoms with Gasteiger partial charge in [-0.2, -0.15) is 0 Å². The van der Waals surface area contributed by atoms with Gasteiger partial charge in [0.15, 0.2) is 0 Å². The minimum atomic E-state index is 0.00376. The van der Waals surface area contributed by atoms with E-state index in [1.807, 2.05) is 14.0 Å². The van der Waals surface area contributed by atoms with Gasteiger partial charge in [-0.3, -0.25) is 0 Å². The first-order chi connectivity index (χ1) is 7.31. The highest BCUT2D eigenvalue weighted by Crippen LogP contribution is 2.27. The lowest BCUT2D eigenvalue weighted by Gasteiger charge is -2.18. The zero-order valence-electron chi connectivity index (χ0n) is 9.19. The minimum Gasteiger partial charge on any atom is -0.421 e. The topological polar surface area (TPSA) is 60.2 Å². The first-order valence-electron chi connectivity index (χ1n) is 5.43. The normalized spacial score (nSPS) is 24.0. The molecular weight excluding hydrogens is 194 g/mol. The van der Waals surface area contributed by atoms with Crippen LogP contribution in [0.5, 0.6) is 0 Å². The minimum absolute atomic E-state index is 0.00376. The van der Waals surface area contributed by atoms with Gasteiger partial charge >= 0.3 is 0 Å². The molecule has 0 bridgehead atoms. The number of nitrogens with zero attached hydrogens (tertiary/aromatic N) is 2. The third kappa shape index (κ3) is 2.35. The third-order valence-corrected chi connectivity index (χ3v) is 2.71. The molecule has 1 N–H and O–H groups in total. The monoisotopic (exact) mass is 211 g/mol. The summed E-state index contributed by atoms with van der Waals surface area (Å²) in [5, 5.41) is 11.1. The summed E-state index contributed by atoms with van der Waals surface area (Å²) in [7, 11) is 1.87. The van der Waals surface area contributed by atoms with Crippen LogP contribution < -0.4 is 5.32 Å². The molecule has 2 atom stereocenters. The van der Waals surface area contributed by atoms with Crippen LogP contribution in [0.2, 0.25) is 0 Å². The van der Waals surface area contributed by atoms with Gasteiger partial charge in [0, 0.05) is 6.61 Å². The summed E-state index contributed by atoms with van der Waals surface area (Å²) in [4.78, 5) is 0. The largest absolute Gasteiger partial charge is 0.421 e. The van der Waals surface area contributed by atoms with Crippen LogP contribution in [0.25, 0.3) is 0 Å². The van der Waals surface area contributed by atoms with Crippen molar-refractivity contribution in [3.63, 3.8) is 0 Å². The molecule has 0 aliphatic carbocycles. The van der Waals surface area contributed by atoms with Gasteiger partial charge in [-0.15, -0.1) is 10.2 Å². The molecule has 1 aromatic rings. The predicted octanol–water partition coefficient (Wildman–Crippen LogP) is 1.59. The lowest BCUT2D eigenvalue weighted by molar-refractivity contribution is -0.00232. The summed E-state index contributed by atoms with van der Waals surface area (Å²) < 4.78 is 11.1. The molecule has 1 aromatic heterocycles. The lowest BCUT2D eigenvalue weighted by atomic mass is 10.1. The SMILES string of the molecule is CNC(C)c1nnc(C2CCCCO2)o1. The molecule has 2 rings (SSSR count). The van der Waals surface area contributed by atoms with Crippen molar-refractivity contribution in [2.24, 2.45) is 0 Å². The van der Waals surface area contributed by atoms with E-state index in [1.165, 1.54) is 6.42 Å². The molecule has 1 aliphatic rings. The van der Waals surface area contributed by atoms with Crippen molar-refractivity contribution in [1.82, 2.24) is 15.5 Å². The van der Waals surface area contributed by atoms with Crippen molar-refractivity contribution in [2.45, 2.75) is 38.3 Å². The van der Waals surface area contributed by atoms with Crippen molar-refractivity contribution in [3.05, 3.63) is 11.8 Å². The highest BCUT2D eigenvalue weighted by molar-refractivity contribution is 4.91. The molecule has 2 unspecified atom stereocenters. The number of hydrogen-bond donors (Lipinski definition) is 1. The van der Waals surface area contributed by atoms with E-state index in [1.54, 1.807) is 0 Å². The first-order valence-corrected chi connectivity index (χ1v) is 5.43. The van der Waals surface area contributed by atoms with Gasteiger partial charge in [-0.25, -0.2) is 0 Å². The van der Waals surface area contributed by atoms with E-state index < -0.39 is 0 Å². The summed E-state index contributed by atoms with van der Waals surface area (Å²) >= 11 is 0. The Labute approximate surface area is 89.2 Å². The smallest absolute Gasteiger partial charge is 0.245 e. The molecular formula is C10H17N3O2. The summed E-state index contributed by atoms with van der Waals surface area (Å²) in [6.07, 6.45) is 3.29. The van der Waals surface area contributed by atoms with Crippen LogP contribution in [0.4, 0.5) is 0 Å². The molecule has 15 heavy (non-hydrogen) atoms. The molecule has 2 heterocycles. The van der Waals surface area contributed by atoms with Gasteiger partial charge in [0.05, 0.1) is 6.04 Å². The van der Waals surface area contributed by atoms with Crippen LogP contribution in [-0.4, -0.2) is 23.9 Å². The standard InChI is InChI=1S/C10H17N3O2/c1-7(11-2)9-12-13-10(15-9)8-5-3-4-6-14-8/h7-8,11H,3-6H2,1-2H3. The maximum absolute atomic E-state index is 5.57. The lowest BCUT2D eigenvalue weighted by Crippen LogP contribution is -2.13. The van der Waals surface area contributed by atoms with Crippen molar-refractivity contribution < 1.29 is 9.15 Å². The molecule has 0 amide bonds. The average Bonchev–Trinajstić information content (AvgIpc) is 2.78. The maximum atomic E-state index is 5.57. The van der Waals surface area contributed by atoms with E-state index in [2.05, 4.69) is 15.5 Å². The van der Waals surface area contributed by atoms with Crippen molar-refractivity contribution in [3.8, 4) is 0 Å². The molecule has 5 heteroatoms. The van der Waals surface area contributed by atoms with Crippen LogP contribution in [0.1, 0.15) is 50.1 Å². The second kappa shape index (κ2) is 4.72. The Bertz CT molecular complexity index is 307. The summed E-state index contributed by atoms with van der Waals surface area (Å²) in [6.45, 7) is 2.78. The van der Waals surface area contributed by atoms with E-state index in [0.717, 1.165) is 19.4 Å². The molecule has 1 aliphatic heterocycles. The average molecular weight is 211 g/mol. The van der Waals surface area contributed by atoms with Crippen LogP contribution in [-0.2, 0) is 4.74 Å². The third-order valence-electron chi connectivity index (χ3n) is 2.71. The van der Waals surface area contributed by atoms with E-state index in [0.29, 0.717) is 11.8 Å². The fourth-order valence-corrected chi connectivity index (χ4v) is 1.61. The second-order valence-electron chi connectivity index (χ2n) is 3.84.